The van der Waals surface area contributed by atoms with Gasteiger partial charge in [0.2, 0.25) is 0 Å². The highest BCUT2D eigenvalue weighted by atomic mass is 16.5. The first-order valence-electron chi connectivity index (χ1n) is 8.26. The van der Waals surface area contributed by atoms with E-state index in [0.717, 1.165) is 23.4 Å². The number of nitrogens with zero attached hydrogens (tertiary/aromatic N) is 1. The summed E-state index contributed by atoms with van der Waals surface area (Å²) in [6.07, 6.45) is 3.38. The van der Waals surface area contributed by atoms with E-state index >= 15 is 0 Å². The molecule has 2 rings (SSSR count). The number of hydrogen-bond donors (Lipinski definition) is 2. The van der Waals surface area contributed by atoms with Crippen LogP contribution >= 0.6 is 0 Å². The number of amides is 1. The van der Waals surface area contributed by atoms with Crippen LogP contribution in [0.3, 0.4) is 0 Å². The van der Waals surface area contributed by atoms with Crippen LogP contribution in [0.2, 0.25) is 0 Å². The van der Waals surface area contributed by atoms with Crippen molar-refractivity contribution in [1.29, 1.82) is 0 Å². The lowest BCUT2D eigenvalue weighted by Crippen LogP contribution is -2.26. The average molecular weight is 327 g/mol. The second-order valence-electron chi connectivity index (χ2n) is 5.70. The zero-order valence-electron chi connectivity index (χ0n) is 14.5. The number of aromatic nitrogens is 1. The molecule has 0 spiro atoms. The molecule has 5 nitrogen and oxygen atoms in total. The Morgan fingerprint density at radius 3 is 2.83 bits per heavy atom. The minimum atomic E-state index is -0.169. The van der Waals surface area contributed by atoms with Gasteiger partial charge in [0.25, 0.3) is 5.91 Å². The molecular formula is C19H25N3O2. The first-order valence-corrected chi connectivity index (χ1v) is 8.26. The molecule has 1 aromatic heterocycles. The van der Waals surface area contributed by atoms with Crippen LogP contribution in [-0.2, 0) is 6.42 Å². The summed E-state index contributed by atoms with van der Waals surface area (Å²) in [5.41, 5.74) is 2.40. The lowest BCUT2D eigenvalue weighted by atomic mass is 10.1. The van der Waals surface area contributed by atoms with E-state index in [9.17, 15) is 4.79 Å². The molecule has 1 amide bonds. The summed E-state index contributed by atoms with van der Waals surface area (Å²) in [5, 5.41) is 6.26. The fourth-order valence-electron chi connectivity index (χ4n) is 2.34. The van der Waals surface area contributed by atoms with Gasteiger partial charge in [0.15, 0.2) is 0 Å². The number of benzene rings is 1. The van der Waals surface area contributed by atoms with Crippen molar-refractivity contribution in [2.45, 2.75) is 32.7 Å². The Morgan fingerprint density at radius 1 is 1.29 bits per heavy atom. The maximum absolute atomic E-state index is 12.3. The molecule has 5 heteroatoms. The Bertz CT molecular complexity index is 673. The zero-order valence-corrected chi connectivity index (χ0v) is 14.5. The molecule has 0 aliphatic rings. The normalized spacial score (nSPS) is 11.6. The Hall–Kier alpha value is -2.56. The number of anilines is 1. The van der Waals surface area contributed by atoms with E-state index < -0.39 is 0 Å². The van der Waals surface area contributed by atoms with Crippen molar-refractivity contribution >= 4 is 11.6 Å². The summed E-state index contributed by atoms with van der Waals surface area (Å²) in [4.78, 5) is 16.4. The van der Waals surface area contributed by atoms with Crippen molar-refractivity contribution in [1.82, 2.24) is 10.3 Å². The topological polar surface area (TPSA) is 63.2 Å². The number of carbonyl (C=O) groups excluding carboxylic acids is 1. The van der Waals surface area contributed by atoms with Gasteiger partial charge in [0.1, 0.15) is 11.4 Å². The molecule has 128 valence electrons. The van der Waals surface area contributed by atoms with Gasteiger partial charge in [0, 0.05) is 24.5 Å². The van der Waals surface area contributed by atoms with Crippen LogP contribution in [0.1, 0.15) is 36.3 Å². The van der Waals surface area contributed by atoms with Crippen LogP contribution in [0.5, 0.6) is 5.75 Å². The highest BCUT2D eigenvalue weighted by Gasteiger charge is 2.09. The third-order valence-corrected chi connectivity index (χ3v) is 3.89. The van der Waals surface area contributed by atoms with E-state index in [1.54, 1.807) is 19.4 Å². The molecule has 0 aliphatic heterocycles. The molecular weight excluding hydrogens is 302 g/mol. The van der Waals surface area contributed by atoms with Crippen molar-refractivity contribution < 1.29 is 9.53 Å². The number of hydrogen-bond acceptors (Lipinski definition) is 4. The second kappa shape index (κ2) is 8.91. The van der Waals surface area contributed by atoms with Crippen molar-refractivity contribution in [2.24, 2.45) is 0 Å². The molecule has 0 saturated heterocycles. The summed E-state index contributed by atoms with van der Waals surface area (Å²) >= 11 is 0. The lowest BCUT2D eigenvalue weighted by Gasteiger charge is -2.13. The molecule has 1 unspecified atom stereocenters. The number of carbonyl (C=O) groups is 1. The fraction of sp³-hybridized carbons (Fsp3) is 0.368. The van der Waals surface area contributed by atoms with E-state index in [1.165, 1.54) is 0 Å². The summed E-state index contributed by atoms with van der Waals surface area (Å²) in [6.45, 7) is 4.75. The molecule has 0 aliphatic carbocycles. The quantitative estimate of drug-likeness (QED) is 0.781. The third-order valence-electron chi connectivity index (χ3n) is 3.89. The SMILES string of the molecule is CCC(C)Nc1ccnc(C(=O)NCCc2ccccc2OC)c1. The first-order chi connectivity index (χ1) is 11.6. The van der Waals surface area contributed by atoms with Crippen LogP contribution in [0.4, 0.5) is 5.69 Å². The largest absolute Gasteiger partial charge is 0.496 e. The molecule has 0 fully saturated rings. The molecule has 1 atom stereocenters. The maximum atomic E-state index is 12.3. The van der Waals surface area contributed by atoms with Crippen molar-refractivity contribution in [3.63, 3.8) is 0 Å². The summed E-state index contributed by atoms with van der Waals surface area (Å²) in [6, 6.07) is 11.8. The van der Waals surface area contributed by atoms with Gasteiger partial charge in [-0.1, -0.05) is 25.1 Å². The molecule has 0 radical (unpaired) electrons. The smallest absolute Gasteiger partial charge is 0.269 e. The van der Waals surface area contributed by atoms with Gasteiger partial charge in [-0.3, -0.25) is 9.78 Å². The van der Waals surface area contributed by atoms with E-state index in [0.29, 0.717) is 24.7 Å². The first kappa shape index (κ1) is 17.8. The second-order valence-corrected chi connectivity index (χ2v) is 5.70. The van der Waals surface area contributed by atoms with E-state index in [4.69, 9.17) is 4.74 Å². The number of nitrogens with one attached hydrogen (secondary N) is 2. The molecule has 0 bridgehead atoms. The Labute approximate surface area is 143 Å². The molecule has 2 N–H and O–H groups in total. The summed E-state index contributed by atoms with van der Waals surface area (Å²) in [5.74, 6) is 0.669. The van der Waals surface area contributed by atoms with Gasteiger partial charge in [-0.25, -0.2) is 0 Å². The van der Waals surface area contributed by atoms with Crippen LogP contribution in [-0.4, -0.2) is 30.6 Å². The van der Waals surface area contributed by atoms with Crippen molar-refractivity contribution in [3.05, 3.63) is 53.9 Å². The third kappa shape index (κ3) is 4.98. The van der Waals surface area contributed by atoms with Gasteiger partial charge in [0.05, 0.1) is 7.11 Å². The van der Waals surface area contributed by atoms with Gasteiger partial charge < -0.3 is 15.4 Å². The van der Waals surface area contributed by atoms with E-state index in [1.807, 2.05) is 30.3 Å². The van der Waals surface area contributed by atoms with E-state index in [-0.39, 0.29) is 5.91 Å². The van der Waals surface area contributed by atoms with Gasteiger partial charge >= 0.3 is 0 Å². The molecule has 2 aromatic rings. The fourth-order valence-corrected chi connectivity index (χ4v) is 2.34. The number of methoxy groups -OCH3 is 1. The van der Waals surface area contributed by atoms with Crippen LogP contribution in [0, 0.1) is 0 Å². The van der Waals surface area contributed by atoms with Crippen LogP contribution in [0.25, 0.3) is 0 Å². The molecule has 24 heavy (non-hydrogen) atoms. The minimum Gasteiger partial charge on any atom is -0.496 e. The number of ether oxygens (including phenoxy) is 1. The van der Waals surface area contributed by atoms with Crippen LogP contribution < -0.4 is 15.4 Å². The van der Waals surface area contributed by atoms with Gasteiger partial charge in [-0.2, -0.15) is 0 Å². The molecule has 0 saturated carbocycles. The predicted octanol–water partition coefficient (Wildman–Crippen LogP) is 3.27. The Morgan fingerprint density at radius 2 is 2.08 bits per heavy atom. The van der Waals surface area contributed by atoms with Crippen molar-refractivity contribution in [2.75, 3.05) is 19.0 Å². The monoisotopic (exact) mass is 327 g/mol. The predicted molar refractivity (Wildman–Crippen MR) is 96.6 cm³/mol. The van der Waals surface area contributed by atoms with E-state index in [2.05, 4.69) is 29.5 Å². The zero-order chi connectivity index (χ0) is 17.4. The highest BCUT2D eigenvalue weighted by molar-refractivity contribution is 5.93. The summed E-state index contributed by atoms with van der Waals surface area (Å²) in [7, 11) is 1.65. The van der Waals surface area contributed by atoms with Gasteiger partial charge in [-0.05, 0) is 43.5 Å². The number of para-hydroxylation sites is 1. The van der Waals surface area contributed by atoms with Gasteiger partial charge in [-0.15, -0.1) is 0 Å². The maximum Gasteiger partial charge on any atom is 0.269 e. The van der Waals surface area contributed by atoms with Crippen LogP contribution in [0.15, 0.2) is 42.6 Å². The average Bonchev–Trinajstić information content (AvgIpc) is 2.62. The molecule has 1 heterocycles. The standard InChI is InChI=1S/C19H25N3O2/c1-4-14(2)22-16-10-12-20-17(13-16)19(23)21-11-9-15-7-5-6-8-18(15)24-3/h5-8,10,12-14H,4,9,11H2,1-3H3,(H,20,22)(H,21,23). The minimum absolute atomic E-state index is 0.169. The number of pyridine rings is 1. The Kier molecular flexibility index (Phi) is 6.61. The highest BCUT2D eigenvalue weighted by Crippen LogP contribution is 2.17. The Balaban J connectivity index is 1.91. The van der Waals surface area contributed by atoms with Crippen molar-refractivity contribution in [3.8, 4) is 5.75 Å². The molecule has 1 aromatic carbocycles. The number of rotatable bonds is 8. The summed E-state index contributed by atoms with van der Waals surface area (Å²) < 4.78 is 5.32. The lowest BCUT2D eigenvalue weighted by molar-refractivity contribution is 0.0949.